The molecular weight excluding hydrogens is 395 g/mol. The van der Waals surface area contributed by atoms with Gasteiger partial charge in [-0.2, -0.15) is 5.10 Å². The number of Topliss-reactive ketones (excluding diaryl/α,β-unsaturated/α-hetero) is 1. The number of ether oxygens (including phenoxy) is 1. The Morgan fingerprint density at radius 3 is 2.52 bits per heavy atom. The smallest absolute Gasteiger partial charge is 0.497 e. The minimum atomic E-state index is -3.76. The Morgan fingerprint density at radius 1 is 1.28 bits per heavy atom. The first-order valence-corrected chi connectivity index (χ1v) is 10.7. The van der Waals surface area contributed by atoms with Gasteiger partial charge in [0.05, 0.1) is 25.4 Å². The summed E-state index contributed by atoms with van der Waals surface area (Å²) < 4.78 is 34.8. The summed E-state index contributed by atoms with van der Waals surface area (Å²) in [6.45, 7) is 9.66. The van der Waals surface area contributed by atoms with E-state index in [0.29, 0.717) is 22.3 Å². The maximum Gasteiger partial charge on any atom is 0.529 e. The third-order valence-electron chi connectivity index (χ3n) is 3.94. The minimum absolute atomic E-state index is 0.0793. The molecule has 0 aliphatic carbocycles. The lowest BCUT2D eigenvalue weighted by Gasteiger charge is -2.21. The van der Waals surface area contributed by atoms with Gasteiger partial charge in [-0.1, -0.05) is 34.6 Å². The van der Waals surface area contributed by atoms with E-state index in [0.717, 1.165) is 0 Å². The molecule has 0 saturated heterocycles. The summed E-state index contributed by atoms with van der Waals surface area (Å²) in [5.41, 5.74) is 0.791. The summed E-state index contributed by atoms with van der Waals surface area (Å²) in [6.07, 6.45) is 2.63. The monoisotopic (exact) mass is 424 g/mol. The average Bonchev–Trinajstić information content (AvgIpc) is 3.03. The van der Waals surface area contributed by atoms with Crippen molar-refractivity contribution in [1.82, 2.24) is 9.78 Å². The molecule has 1 heterocycles. The highest BCUT2D eigenvalue weighted by atomic mass is 31.2. The van der Waals surface area contributed by atoms with Crippen molar-refractivity contribution in [2.75, 3.05) is 20.8 Å². The molecule has 0 saturated carbocycles. The lowest BCUT2D eigenvalue weighted by atomic mass is 9.99. The van der Waals surface area contributed by atoms with Gasteiger partial charge in [0.1, 0.15) is 17.7 Å². The standard InChI is InChI=1S/C20H29N2O6P/c1-14(2)19(23)18-16-9-8-15(25-6)12-17(16)22(21-18)10-11-27-29(24,26-7)28-13-20(3,4)5/h8-12,14H,13H2,1-7H3/b11-10-. The first kappa shape index (κ1) is 23.1. The van der Waals surface area contributed by atoms with Crippen LogP contribution in [0.25, 0.3) is 17.1 Å². The number of phosphoric acid groups is 1. The van der Waals surface area contributed by atoms with E-state index in [9.17, 15) is 9.36 Å². The number of rotatable bonds is 9. The van der Waals surface area contributed by atoms with Crippen LogP contribution in [0.3, 0.4) is 0 Å². The van der Waals surface area contributed by atoms with Crippen LogP contribution in [0.1, 0.15) is 45.1 Å². The van der Waals surface area contributed by atoms with E-state index >= 15 is 0 Å². The number of benzene rings is 1. The second-order valence-electron chi connectivity index (χ2n) is 8.05. The van der Waals surface area contributed by atoms with Gasteiger partial charge in [-0.05, 0) is 17.5 Å². The van der Waals surface area contributed by atoms with Gasteiger partial charge in [-0.25, -0.2) is 9.25 Å². The molecule has 0 fully saturated rings. The van der Waals surface area contributed by atoms with Crippen LogP contribution in [-0.2, 0) is 18.1 Å². The Hall–Kier alpha value is -2.15. The van der Waals surface area contributed by atoms with Crippen LogP contribution in [-0.4, -0.2) is 36.4 Å². The number of hydrogen-bond acceptors (Lipinski definition) is 7. The number of hydrogen-bond donors (Lipinski definition) is 0. The van der Waals surface area contributed by atoms with Crippen molar-refractivity contribution in [2.24, 2.45) is 11.3 Å². The largest absolute Gasteiger partial charge is 0.529 e. The number of fused-ring (bicyclic) bond motifs is 1. The molecular formula is C20H29N2O6P. The lowest BCUT2D eigenvalue weighted by molar-refractivity contribution is 0.0935. The fourth-order valence-electron chi connectivity index (χ4n) is 2.37. The van der Waals surface area contributed by atoms with E-state index in [1.807, 2.05) is 34.6 Å². The van der Waals surface area contributed by atoms with Crippen LogP contribution in [0.5, 0.6) is 5.75 Å². The molecule has 0 N–H and O–H groups in total. The van der Waals surface area contributed by atoms with Crippen LogP contribution in [0.2, 0.25) is 0 Å². The van der Waals surface area contributed by atoms with Crippen LogP contribution in [0.15, 0.2) is 24.5 Å². The van der Waals surface area contributed by atoms with E-state index in [-0.39, 0.29) is 23.7 Å². The molecule has 0 aliphatic heterocycles. The van der Waals surface area contributed by atoms with Gasteiger partial charge in [-0.15, -0.1) is 0 Å². The normalized spacial score (nSPS) is 14.5. The molecule has 9 heteroatoms. The maximum atomic E-state index is 12.6. The molecule has 160 valence electrons. The van der Waals surface area contributed by atoms with Crippen LogP contribution < -0.4 is 4.74 Å². The molecule has 29 heavy (non-hydrogen) atoms. The van der Waals surface area contributed by atoms with Crippen molar-refractivity contribution < 1.29 is 27.7 Å². The quantitative estimate of drug-likeness (QED) is 0.313. The zero-order valence-electron chi connectivity index (χ0n) is 18.0. The number of carbonyl (C=O) groups excluding carboxylic acids is 1. The first-order valence-electron chi connectivity index (χ1n) is 9.25. The Morgan fingerprint density at radius 2 is 1.97 bits per heavy atom. The van der Waals surface area contributed by atoms with Crippen molar-refractivity contribution >= 4 is 30.7 Å². The fraction of sp³-hybridized carbons (Fsp3) is 0.500. The number of carbonyl (C=O) groups is 1. The zero-order valence-corrected chi connectivity index (χ0v) is 18.9. The molecule has 0 bridgehead atoms. The summed E-state index contributed by atoms with van der Waals surface area (Å²) in [5.74, 6) is 0.334. The van der Waals surface area contributed by atoms with Crippen LogP contribution in [0.4, 0.5) is 0 Å². The first-order chi connectivity index (χ1) is 13.5. The predicted molar refractivity (Wildman–Crippen MR) is 112 cm³/mol. The number of ketones is 1. The lowest BCUT2D eigenvalue weighted by Crippen LogP contribution is -2.14. The van der Waals surface area contributed by atoms with E-state index < -0.39 is 7.82 Å². The van der Waals surface area contributed by atoms with Crippen molar-refractivity contribution in [2.45, 2.75) is 34.6 Å². The highest BCUT2D eigenvalue weighted by molar-refractivity contribution is 7.48. The summed E-state index contributed by atoms with van der Waals surface area (Å²) in [5, 5.41) is 5.08. The second-order valence-corrected chi connectivity index (χ2v) is 9.78. The van der Waals surface area contributed by atoms with E-state index in [1.165, 1.54) is 24.3 Å². The van der Waals surface area contributed by atoms with Gasteiger partial charge >= 0.3 is 7.82 Å². The van der Waals surface area contributed by atoms with Gasteiger partial charge in [0.25, 0.3) is 0 Å². The molecule has 2 aromatic rings. The fourth-order valence-corrected chi connectivity index (χ4v) is 3.37. The molecule has 1 atom stereocenters. The maximum absolute atomic E-state index is 12.6. The molecule has 1 aromatic heterocycles. The number of methoxy groups -OCH3 is 1. The summed E-state index contributed by atoms with van der Waals surface area (Å²) in [4.78, 5) is 12.5. The Balaban J connectivity index is 2.34. The third-order valence-corrected chi connectivity index (χ3v) is 5.22. The minimum Gasteiger partial charge on any atom is -0.497 e. The summed E-state index contributed by atoms with van der Waals surface area (Å²) in [7, 11) is -0.944. The average molecular weight is 424 g/mol. The Kier molecular flexibility index (Phi) is 7.27. The molecule has 0 radical (unpaired) electrons. The van der Waals surface area contributed by atoms with Crippen LogP contribution in [0, 0.1) is 11.3 Å². The zero-order chi connectivity index (χ0) is 21.8. The summed E-state index contributed by atoms with van der Waals surface area (Å²) >= 11 is 0. The van der Waals surface area contributed by atoms with E-state index in [2.05, 4.69) is 5.10 Å². The SMILES string of the molecule is COc1ccc2c(C(=O)C(C)C)nn(/C=C\OP(=O)(OC)OCC(C)(C)C)c2c1. The molecule has 2 rings (SSSR count). The molecule has 0 amide bonds. The Labute approximate surface area is 171 Å². The van der Waals surface area contributed by atoms with E-state index in [4.69, 9.17) is 18.3 Å². The molecule has 8 nitrogen and oxygen atoms in total. The third kappa shape index (κ3) is 5.92. The van der Waals surface area contributed by atoms with Gasteiger partial charge in [0.15, 0.2) is 5.78 Å². The molecule has 0 aliphatic rings. The van der Waals surface area contributed by atoms with E-state index in [1.54, 1.807) is 25.3 Å². The van der Waals surface area contributed by atoms with Gasteiger partial charge in [-0.3, -0.25) is 13.8 Å². The van der Waals surface area contributed by atoms with Crippen molar-refractivity contribution in [3.05, 3.63) is 30.2 Å². The number of phosphoric ester groups is 1. The topological polar surface area (TPSA) is 88.9 Å². The van der Waals surface area contributed by atoms with Gasteiger partial charge in [0.2, 0.25) is 0 Å². The second kappa shape index (κ2) is 9.11. The van der Waals surface area contributed by atoms with Crippen molar-refractivity contribution in [1.29, 1.82) is 0 Å². The van der Waals surface area contributed by atoms with Crippen molar-refractivity contribution in [3.8, 4) is 5.75 Å². The predicted octanol–water partition coefficient (Wildman–Crippen LogP) is 5.15. The molecule has 1 unspecified atom stereocenters. The highest BCUT2D eigenvalue weighted by Crippen LogP contribution is 2.50. The van der Waals surface area contributed by atoms with Crippen molar-refractivity contribution in [3.63, 3.8) is 0 Å². The number of nitrogens with zero attached hydrogens (tertiary/aromatic N) is 2. The van der Waals surface area contributed by atoms with Crippen LogP contribution >= 0.6 is 7.82 Å². The highest BCUT2D eigenvalue weighted by Gasteiger charge is 2.28. The Bertz CT molecular complexity index is 942. The number of aromatic nitrogens is 2. The molecule has 0 spiro atoms. The molecule has 1 aromatic carbocycles. The summed E-state index contributed by atoms with van der Waals surface area (Å²) in [6, 6.07) is 5.31. The van der Waals surface area contributed by atoms with Gasteiger partial charge < -0.3 is 9.26 Å². The van der Waals surface area contributed by atoms with Gasteiger partial charge in [0, 0.05) is 24.5 Å².